The molecule has 0 aromatic heterocycles. The van der Waals surface area contributed by atoms with E-state index in [1.807, 2.05) is 57.2 Å². The van der Waals surface area contributed by atoms with Crippen molar-refractivity contribution in [1.82, 2.24) is 0 Å². The highest BCUT2D eigenvalue weighted by molar-refractivity contribution is 9.11. The van der Waals surface area contributed by atoms with Crippen molar-refractivity contribution in [1.29, 1.82) is 0 Å². The van der Waals surface area contributed by atoms with Crippen LogP contribution in [0.1, 0.15) is 16.7 Å². The minimum atomic E-state index is -4.06. The molecule has 0 saturated heterocycles. The van der Waals surface area contributed by atoms with Crippen LogP contribution in [0.2, 0.25) is 0 Å². The Bertz CT molecular complexity index is 965. The molecule has 3 aromatic carbocycles. The lowest BCUT2D eigenvalue weighted by atomic mass is 10.2. The third-order valence-corrected chi connectivity index (χ3v) is 6.78. The van der Waals surface area contributed by atoms with E-state index in [-0.39, 0.29) is 0 Å². The van der Waals surface area contributed by atoms with Gasteiger partial charge in [0.1, 0.15) is 17.2 Å². The van der Waals surface area contributed by atoms with E-state index in [0.717, 1.165) is 30.1 Å². The fraction of sp³-hybridized carbons (Fsp3) is 0.143. The molecule has 0 spiro atoms. The Balaban J connectivity index is 2.00. The van der Waals surface area contributed by atoms with Gasteiger partial charge in [0, 0.05) is 13.4 Å². The molecule has 0 unspecified atom stereocenters. The van der Waals surface area contributed by atoms with E-state index in [2.05, 4.69) is 47.8 Å². The molecule has 0 radical (unpaired) electrons. The Hall–Kier alpha value is -1.27. The summed E-state index contributed by atoms with van der Waals surface area (Å²) >= 11 is 10.3. The lowest BCUT2D eigenvalue weighted by molar-refractivity contribution is 0.296. The van der Waals surface area contributed by atoms with Gasteiger partial charge in [-0.2, -0.15) is 4.57 Å². The monoisotopic (exact) mass is 602 g/mol. The molecule has 0 aliphatic carbocycles. The first kappa shape index (κ1) is 22.4. The van der Waals surface area contributed by atoms with Crippen LogP contribution < -0.4 is 13.6 Å². The SMILES string of the molecule is Cc1cc(Br)ccc1OP(=O)(Oc1ccc(Br)cc1C)Oc1ccc(Br)cc1C. The van der Waals surface area contributed by atoms with Crippen molar-refractivity contribution < 1.29 is 18.1 Å². The zero-order valence-corrected chi connectivity index (χ0v) is 21.6. The molecule has 152 valence electrons. The first-order valence-electron chi connectivity index (χ1n) is 8.62. The number of rotatable bonds is 6. The molecule has 3 rings (SSSR count). The van der Waals surface area contributed by atoms with E-state index >= 15 is 0 Å². The number of phosphoric ester groups is 1. The fourth-order valence-electron chi connectivity index (χ4n) is 2.56. The second-order valence-electron chi connectivity index (χ2n) is 6.45. The van der Waals surface area contributed by atoms with Gasteiger partial charge in [0.15, 0.2) is 0 Å². The van der Waals surface area contributed by atoms with E-state index in [9.17, 15) is 4.57 Å². The van der Waals surface area contributed by atoms with Crippen molar-refractivity contribution in [2.75, 3.05) is 0 Å². The van der Waals surface area contributed by atoms with Crippen molar-refractivity contribution in [3.63, 3.8) is 0 Å². The van der Waals surface area contributed by atoms with Crippen molar-refractivity contribution in [2.45, 2.75) is 20.8 Å². The van der Waals surface area contributed by atoms with Crippen LogP contribution in [0.25, 0.3) is 0 Å². The van der Waals surface area contributed by atoms with E-state index in [1.54, 1.807) is 18.2 Å². The molecular weight excluding hydrogens is 587 g/mol. The third-order valence-electron chi connectivity index (χ3n) is 4.04. The summed E-state index contributed by atoms with van der Waals surface area (Å²) in [5, 5.41) is 0. The summed E-state index contributed by atoms with van der Waals surface area (Å²) in [6.45, 7) is 5.58. The van der Waals surface area contributed by atoms with Gasteiger partial charge in [-0.05, 0) is 92.1 Å². The van der Waals surface area contributed by atoms with Gasteiger partial charge in [0.2, 0.25) is 0 Å². The molecule has 0 bridgehead atoms. The number of benzene rings is 3. The molecule has 8 heteroatoms. The number of phosphoric acid groups is 1. The summed E-state index contributed by atoms with van der Waals surface area (Å²) in [6, 6.07) is 16.2. The van der Waals surface area contributed by atoms with Gasteiger partial charge in [-0.25, -0.2) is 0 Å². The highest BCUT2D eigenvalue weighted by Crippen LogP contribution is 2.51. The maximum absolute atomic E-state index is 13.7. The molecule has 0 fully saturated rings. The summed E-state index contributed by atoms with van der Waals surface area (Å²) in [4.78, 5) is 0. The van der Waals surface area contributed by atoms with Crippen molar-refractivity contribution in [3.8, 4) is 17.2 Å². The predicted octanol–water partition coefficient (Wildman–Crippen LogP) is 8.54. The summed E-state index contributed by atoms with van der Waals surface area (Å²) in [7, 11) is -4.06. The summed E-state index contributed by atoms with van der Waals surface area (Å²) < 4.78 is 33.9. The topological polar surface area (TPSA) is 44.8 Å². The molecule has 0 aliphatic rings. The van der Waals surface area contributed by atoms with E-state index < -0.39 is 7.82 Å². The number of hydrogen-bond acceptors (Lipinski definition) is 4. The van der Waals surface area contributed by atoms with Crippen LogP contribution in [0.5, 0.6) is 17.2 Å². The van der Waals surface area contributed by atoms with Crippen molar-refractivity contribution >= 4 is 55.6 Å². The molecule has 0 saturated carbocycles. The Labute approximate surface area is 195 Å². The first-order valence-corrected chi connectivity index (χ1v) is 12.5. The van der Waals surface area contributed by atoms with E-state index in [4.69, 9.17) is 13.6 Å². The Morgan fingerprint density at radius 1 is 0.586 bits per heavy atom. The summed E-state index contributed by atoms with van der Waals surface area (Å²) in [6.07, 6.45) is 0. The summed E-state index contributed by atoms with van der Waals surface area (Å²) in [5.41, 5.74) is 2.39. The molecule has 0 heterocycles. The maximum atomic E-state index is 13.7. The highest BCUT2D eigenvalue weighted by atomic mass is 79.9. The van der Waals surface area contributed by atoms with Crippen molar-refractivity contribution in [2.24, 2.45) is 0 Å². The first-order chi connectivity index (χ1) is 13.6. The van der Waals surface area contributed by atoms with Crippen LogP contribution in [0.15, 0.2) is 68.0 Å². The van der Waals surface area contributed by atoms with Gasteiger partial charge >= 0.3 is 7.82 Å². The standard InChI is InChI=1S/C21H18Br3O4P/c1-13-10-16(22)4-7-19(13)26-29(25,27-20-8-5-17(23)11-14(20)2)28-21-9-6-18(24)12-15(21)3/h4-12H,1-3H3. The molecule has 29 heavy (non-hydrogen) atoms. The number of aryl methyl sites for hydroxylation is 3. The third kappa shape index (κ3) is 5.88. The lowest BCUT2D eigenvalue weighted by Gasteiger charge is -2.22. The smallest absolute Gasteiger partial charge is 0.386 e. The highest BCUT2D eigenvalue weighted by Gasteiger charge is 2.34. The largest absolute Gasteiger partial charge is 0.647 e. The van der Waals surface area contributed by atoms with Crippen LogP contribution >= 0.6 is 55.6 Å². The average Bonchev–Trinajstić information content (AvgIpc) is 2.63. The predicted molar refractivity (Wildman–Crippen MR) is 126 cm³/mol. The van der Waals surface area contributed by atoms with Gasteiger partial charge in [0.25, 0.3) is 0 Å². The fourth-order valence-corrected chi connectivity index (χ4v) is 5.44. The lowest BCUT2D eigenvalue weighted by Crippen LogP contribution is -2.09. The second-order valence-corrected chi connectivity index (χ2v) is 10.6. The zero-order chi connectivity index (χ0) is 21.2. The van der Waals surface area contributed by atoms with Crippen LogP contribution in [0.4, 0.5) is 0 Å². The minimum absolute atomic E-state index is 0.418. The van der Waals surface area contributed by atoms with Gasteiger partial charge in [-0.3, -0.25) is 0 Å². The average molecular weight is 605 g/mol. The Kier molecular flexibility index (Phi) is 7.15. The van der Waals surface area contributed by atoms with E-state index in [1.165, 1.54) is 0 Å². The van der Waals surface area contributed by atoms with Crippen LogP contribution in [0.3, 0.4) is 0 Å². The summed E-state index contributed by atoms with van der Waals surface area (Å²) in [5.74, 6) is 1.25. The van der Waals surface area contributed by atoms with Crippen LogP contribution in [-0.2, 0) is 4.57 Å². The molecular formula is C21H18Br3O4P. The minimum Gasteiger partial charge on any atom is -0.386 e. The van der Waals surface area contributed by atoms with Crippen LogP contribution in [-0.4, -0.2) is 0 Å². The molecule has 0 aliphatic heterocycles. The molecule has 4 nitrogen and oxygen atoms in total. The molecule has 0 amide bonds. The zero-order valence-electron chi connectivity index (χ0n) is 15.9. The Morgan fingerprint density at radius 2 is 0.862 bits per heavy atom. The van der Waals surface area contributed by atoms with Crippen LogP contribution in [0, 0.1) is 20.8 Å². The Morgan fingerprint density at radius 3 is 1.10 bits per heavy atom. The molecule has 3 aromatic rings. The van der Waals surface area contributed by atoms with Gasteiger partial charge in [0.05, 0.1) is 0 Å². The van der Waals surface area contributed by atoms with Crippen molar-refractivity contribution in [3.05, 3.63) is 84.7 Å². The van der Waals surface area contributed by atoms with Gasteiger partial charge in [-0.15, -0.1) is 0 Å². The van der Waals surface area contributed by atoms with E-state index in [0.29, 0.717) is 17.2 Å². The molecule has 0 atom stereocenters. The normalized spacial score (nSPS) is 11.2. The maximum Gasteiger partial charge on any atom is 0.647 e. The van der Waals surface area contributed by atoms with Gasteiger partial charge in [-0.1, -0.05) is 47.8 Å². The second kappa shape index (κ2) is 9.25. The molecule has 0 N–H and O–H groups in total. The van der Waals surface area contributed by atoms with Gasteiger partial charge < -0.3 is 13.6 Å². The number of halogens is 3. The quantitative estimate of drug-likeness (QED) is 0.265. The number of hydrogen-bond donors (Lipinski definition) is 0.